The fourth-order valence-electron chi connectivity index (χ4n) is 1.63. The molecule has 2 heteroatoms. The molecule has 1 aliphatic rings. The van der Waals surface area contributed by atoms with Crippen LogP contribution in [-0.4, -0.2) is 18.0 Å². The van der Waals surface area contributed by atoms with Crippen LogP contribution in [0.3, 0.4) is 0 Å². The van der Waals surface area contributed by atoms with E-state index in [2.05, 4.69) is 13.8 Å². The summed E-state index contributed by atoms with van der Waals surface area (Å²) < 4.78 is 5.51. The van der Waals surface area contributed by atoms with Gasteiger partial charge in [-0.2, -0.15) is 0 Å². The maximum atomic E-state index is 11.6. The molecule has 1 fully saturated rings. The van der Waals surface area contributed by atoms with E-state index in [1.165, 1.54) is 0 Å². The van der Waals surface area contributed by atoms with Gasteiger partial charge in [-0.25, -0.2) is 0 Å². The normalized spacial score (nSPS) is 28.3. The molecule has 2 unspecified atom stereocenters. The number of rotatable bonds is 4. The highest BCUT2D eigenvalue weighted by Crippen LogP contribution is 2.21. The molecule has 0 aromatic heterocycles. The van der Waals surface area contributed by atoms with Gasteiger partial charge in [-0.3, -0.25) is 4.79 Å². The summed E-state index contributed by atoms with van der Waals surface area (Å²) >= 11 is 0. The fraction of sp³-hybridized carbons (Fsp3) is 0.909. The van der Waals surface area contributed by atoms with Gasteiger partial charge in [-0.1, -0.05) is 13.8 Å². The van der Waals surface area contributed by atoms with Gasteiger partial charge in [0.25, 0.3) is 0 Å². The average Bonchev–Trinajstić information content (AvgIpc) is 2.47. The Morgan fingerprint density at radius 2 is 2.15 bits per heavy atom. The Morgan fingerprint density at radius 1 is 1.46 bits per heavy atom. The van der Waals surface area contributed by atoms with Gasteiger partial charge in [-0.15, -0.1) is 0 Å². The van der Waals surface area contributed by atoms with Gasteiger partial charge in [-0.05, 0) is 32.1 Å². The lowest BCUT2D eigenvalue weighted by Crippen LogP contribution is -2.20. The summed E-state index contributed by atoms with van der Waals surface area (Å²) in [5.74, 6) is 0.917. The first kappa shape index (κ1) is 10.7. The van der Waals surface area contributed by atoms with Crippen LogP contribution in [0.4, 0.5) is 0 Å². The molecule has 1 rings (SSSR count). The minimum atomic E-state index is -0.0891. The molecule has 1 saturated heterocycles. The first-order valence-electron chi connectivity index (χ1n) is 5.27. The molecule has 0 spiro atoms. The molecule has 1 aliphatic heterocycles. The highest BCUT2D eigenvalue weighted by atomic mass is 16.5. The van der Waals surface area contributed by atoms with Crippen molar-refractivity contribution in [3.8, 4) is 0 Å². The topological polar surface area (TPSA) is 26.3 Å². The number of ketones is 1. The van der Waals surface area contributed by atoms with Crippen molar-refractivity contribution >= 4 is 5.78 Å². The Bertz CT molecular complexity index is 175. The zero-order valence-corrected chi connectivity index (χ0v) is 8.88. The van der Waals surface area contributed by atoms with E-state index in [1.807, 2.05) is 6.92 Å². The second-order valence-electron chi connectivity index (χ2n) is 4.41. The molecule has 76 valence electrons. The second kappa shape index (κ2) is 4.75. The van der Waals surface area contributed by atoms with Crippen molar-refractivity contribution in [2.75, 3.05) is 0 Å². The van der Waals surface area contributed by atoms with Crippen molar-refractivity contribution in [1.82, 2.24) is 0 Å². The van der Waals surface area contributed by atoms with Crippen LogP contribution in [0.1, 0.15) is 46.5 Å². The predicted molar refractivity (Wildman–Crippen MR) is 52.6 cm³/mol. The van der Waals surface area contributed by atoms with Crippen LogP contribution in [0.2, 0.25) is 0 Å². The van der Waals surface area contributed by atoms with E-state index in [1.54, 1.807) is 0 Å². The minimum absolute atomic E-state index is 0.0891. The Labute approximate surface area is 80.7 Å². The monoisotopic (exact) mass is 184 g/mol. The van der Waals surface area contributed by atoms with Crippen LogP contribution in [0.25, 0.3) is 0 Å². The van der Waals surface area contributed by atoms with Gasteiger partial charge >= 0.3 is 0 Å². The highest BCUT2D eigenvalue weighted by molar-refractivity contribution is 5.83. The van der Waals surface area contributed by atoms with E-state index in [9.17, 15) is 4.79 Å². The summed E-state index contributed by atoms with van der Waals surface area (Å²) in [5, 5.41) is 0. The molecule has 0 radical (unpaired) electrons. The molecule has 2 atom stereocenters. The Balaban J connectivity index is 2.24. The van der Waals surface area contributed by atoms with Crippen molar-refractivity contribution in [3.05, 3.63) is 0 Å². The number of ether oxygens (including phenoxy) is 1. The van der Waals surface area contributed by atoms with E-state index >= 15 is 0 Å². The lowest BCUT2D eigenvalue weighted by atomic mass is 10.0. The number of Topliss-reactive ketones (excluding diaryl/α,β-unsaturated/α-hetero) is 1. The van der Waals surface area contributed by atoms with E-state index < -0.39 is 0 Å². The van der Waals surface area contributed by atoms with Crippen molar-refractivity contribution in [2.45, 2.75) is 58.7 Å². The zero-order valence-electron chi connectivity index (χ0n) is 8.88. The largest absolute Gasteiger partial charge is 0.368 e. The standard InChI is InChI=1S/C11H20O2/c1-8(2)4-6-10(12)11-7-5-9(3)13-11/h8-9,11H,4-7H2,1-3H3. The van der Waals surface area contributed by atoms with Crippen molar-refractivity contribution < 1.29 is 9.53 Å². The van der Waals surface area contributed by atoms with Crippen LogP contribution < -0.4 is 0 Å². The third-order valence-corrected chi connectivity index (χ3v) is 2.56. The number of hydrogen-bond donors (Lipinski definition) is 0. The van der Waals surface area contributed by atoms with E-state index in [4.69, 9.17) is 4.74 Å². The predicted octanol–water partition coefficient (Wildman–Crippen LogP) is 2.56. The maximum absolute atomic E-state index is 11.6. The van der Waals surface area contributed by atoms with Gasteiger partial charge < -0.3 is 4.74 Å². The lowest BCUT2D eigenvalue weighted by Gasteiger charge is -2.10. The maximum Gasteiger partial charge on any atom is 0.161 e. The van der Waals surface area contributed by atoms with Crippen molar-refractivity contribution in [1.29, 1.82) is 0 Å². The second-order valence-corrected chi connectivity index (χ2v) is 4.41. The zero-order chi connectivity index (χ0) is 9.84. The molecular weight excluding hydrogens is 164 g/mol. The van der Waals surface area contributed by atoms with Crippen LogP contribution in [0.15, 0.2) is 0 Å². The summed E-state index contributed by atoms with van der Waals surface area (Å²) in [7, 11) is 0. The third-order valence-electron chi connectivity index (χ3n) is 2.56. The van der Waals surface area contributed by atoms with Gasteiger partial charge in [0.05, 0.1) is 6.10 Å². The van der Waals surface area contributed by atoms with Crippen LogP contribution in [0, 0.1) is 5.92 Å². The molecule has 0 amide bonds. The molecule has 13 heavy (non-hydrogen) atoms. The molecule has 2 nitrogen and oxygen atoms in total. The van der Waals surface area contributed by atoms with Crippen LogP contribution >= 0.6 is 0 Å². The lowest BCUT2D eigenvalue weighted by molar-refractivity contribution is -0.129. The molecule has 0 saturated carbocycles. The smallest absolute Gasteiger partial charge is 0.161 e. The molecular formula is C11H20O2. The molecule has 0 aliphatic carbocycles. The molecule has 0 bridgehead atoms. The van der Waals surface area contributed by atoms with Crippen LogP contribution in [-0.2, 0) is 9.53 Å². The number of carbonyl (C=O) groups excluding carboxylic acids is 1. The highest BCUT2D eigenvalue weighted by Gasteiger charge is 2.27. The number of hydrogen-bond acceptors (Lipinski definition) is 2. The third kappa shape index (κ3) is 3.47. The molecule has 0 N–H and O–H groups in total. The summed E-state index contributed by atoms with van der Waals surface area (Å²) in [6.07, 6.45) is 3.85. The van der Waals surface area contributed by atoms with Gasteiger partial charge in [0.1, 0.15) is 6.10 Å². The van der Waals surface area contributed by atoms with Crippen molar-refractivity contribution in [2.24, 2.45) is 5.92 Å². The summed E-state index contributed by atoms with van der Waals surface area (Å²) in [4.78, 5) is 11.6. The Kier molecular flexibility index (Phi) is 3.91. The quantitative estimate of drug-likeness (QED) is 0.671. The average molecular weight is 184 g/mol. The minimum Gasteiger partial charge on any atom is -0.368 e. The van der Waals surface area contributed by atoms with E-state index in [0.717, 1.165) is 19.3 Å². The van der Waals surface area contributed by atoms with Gasteiger partial charge in [0.2, 0.25) is 0 Å². The summed E-state index contributed by atoms with van der Waals surface area (Å²) in [5.41, 5.74) is 0. The molecule has 0 aromatic rings. The number of carbonyl (C=O) groups is 1. The first-order valence-corrected chi connectivity index (χ1v) is 5.27. The Hall–Kier alpha value is -0.370. The van der Waals surface area contributed by atoms with Crippen LogP contribution in [0.5, 0.6) is 0 Å². The first-order chi connectivity index (χ1) is 6.09. The molecule has 1 heterocycles. The summed E-state index contributed by atoms with van der Waals surface area (Å²) in [6, 6.07) is 0. The van der Waals surface area contributed by atoms with Gasteiger partial charge in [0, 0.05) is 6.42 Å². The van der Waals surface area contributed by atoms with E-state index in [0.29, 0.717) is 18.1 Å². The Morgan fingerprint density at radius 3 is 2.62 bits per heavy atom. The fourth-order valence-corrected chi connectivity index (χ4v) is 1.63. The summed E-state index contributed by atoms with van der Waals surface area (Å²) in [6.45, 7) is 6.33. The molecule has 0 aromatic carbocycles. The SMILES string of the molecule is CC(C)CCC(=O)C1CCC(C)O1. The van der Waals surface area contributed by atoms with E-state index in [-0.39, 0.29) is 12.2 Å². The van der Waals surface area contributed by atoms with Gasteiger partial charge in [0.15, 0.2) is 5.78 Å². The van der Waals surface area contributed by atoms with Crippen molar-refractivity contribution in [3.63, 3.8) is 0 Å².